The Morgan fingerprint density at radius 2 is 1.53 bits per heavy atom. The topological polar surface area (TPSA) is 119 Å². The van der Waals surface area contributed by atoms with Crippen LogP contribution in [0.3, 0.4) is 0 Å². The first-order valence-corrected chi connectivity index (χ1v) is 11.7. The number of hydrogen-bond acceptors (Lipinski definition) is 7. The van der Waals surface area contributed by atoms with Gasteiger partial charge < -0.3 is 14.8 Å². The molecule has 1 aliphatic heterocycles. The fourth-order valence-electron chi connectivity index (χ4n) is 4.46. The molecule has 1 aliphatic carbocycles. The van der Waals surface area contributed by atoms with Crippen LogP contribution in [0.25, 0.3) is 0 Å². The van der Waals surface area contributed by atoms with Crippen molar-refractivity contribution in [3.63, 3.8) is 0 Å². The molecule has 2 aliphatic rings. The monoisotopic (exact) mass is 490 g/mol. The second kappa shape index (κ2) is 10.6. The Morgan fingerprint density at radius 3 is 2.14 bits per heavy atom. The van der Waals surface area contributed by atoms with Gasteiger partial charge in [-0.15, -0.1) is 0 Å². The van der Waals surface area contributed by atoms with Crippen molar-refractivity contribution in [2.24, 2.45) is 17.8 Å². The van der Waals surface area contributed by atoms with Gasteiger partial charge in [0.15, 0.2) is 6.61 Å². The second-order valence-electron chi connectivity index (χ2n) is 8.64. The molecule has 0 bridgehead atoms. The van der Waals surface area contributed by atoms with Crippen LogP contribution in [0.2, 0.25) is 0 Å². The molecule has 186 valence electrons. The quantitative estimate of drug-likeness (QED) is 0.359. The fourth-order valence-corrected chi connectivity index (χ4v) is 4.46. The first-order chi connectivity index (χ1) is 17.3. The summed E-state index contributed by atoms with van der Waals surface area (Å²) in [6.07, 6.45) is 4.44. The molecule has 1 fully saturated rings. The minimum absolute atomic E-state index is 0.0129. The number of ether oxygens (including phenoxy) is 2. The molecule has 36 heavy (non-hydrogen) atoms. The van der Waals surface area contributed by atoms with Crippen LogP contribution in [0, 0.1) is 17.8 Å². The Kier molecular flexibility index (Phi) is 7.28. The number of imide groups is 1. The summed E-state index contributed by atoms with van der Waals surface area (Å²) >= 11 is 0. The van der Waals surface area contributed by atoms with Crippen LogP contribution in [-0.4, -0.2) is 42.9 Å². The lowest BCUT2D eigenvalue weighted by Gasteiger charge is -2.22. The molecule has 2 aromatic carbocycles. The minimum Gasteiger partial charge on any atom is -0.462 e. The number of allylic oxidation sites excluding steroid dienone is 2. The van der Waals surface area contributed by atoms with Crippen LogP contribution in [0.15, 0.2) is 60.7 Å². The molecule has 4 rings (SSSR count). The number of anilines is 2. The standard InChI is InChI=1S/C27H26N2O7/c1-3-35-26(33)17-7-11-19(12-8-17)28-22(30)15-36-27(34)18-9-13-20(14-10-18)29-24(31)21-6-4-5-16(2)23(21)25(29)32/h4-5,7-14,16,21,23H,3,6,15H2,1-2H3,(H,28,30)/t16-,21-,23+/m1/s1. The largest absolute Gasteiger partial charge is 0.462 e. The summed E-state index contributed by atoms with van der Waals surface area (Å²) in [6.45, 7) is 3.38. The van der Waals surface area contributed by atoms with Crippen LogP contribution in [0.1, 0.15) is 41.0 Å². The predicted octanol–water partition coefficient (Wildman–Crippen LogP) is 3.36. The molecule has 3 amide bonds. The van der Waals surface area contributed by atoms with Crippen molar-refractivity contribution >= 4 is 41.0 Å². The number of nitrogens with one attached hydrogen (secondary N) is 1. The van der Waals surface area contributed by atoms with Gasteiger partial charge in [0.2, 0.25) is 11.8 Å². The van der Waals surface area contributed by atoms with Crippen molar-refractivity contribution < 1.29 is 33.4 Å². The van der Waals surface area contributed by atoms with E-state index in [0.29, 0.717) is 23.4 Å². The van der Waals surface area contributed by atoms with Gasteiger partial charge in [0.25, 0.3) is 5.91 Å². The summed E-state index contributed by atoms with van der Waals surface area (Å²) in [4.78, 5) is 63.1. The van der Waals surface area contributed by atoms with Crippen LogP contribution in [0.5, 0.6) is 0 Å². The van der Waals surface area contributed by atoms with Crippen LogP contribution in [-0.2, 0) is 23.9 Å². The van der Waals surface area contributed by atoms with Crippen molar-refractivity contribution in [2.45, 2.75) is 20.3 Å². The summed E-state index contributed by atoms with van der Waals surface area (Å²) in [6, 6.07) is 12.1. The Morgan fingerprint density at radius 1 is 0.917 bits per heavy atom. The van der Waals surface area contributed by atoms with Crippen molar-refractivity contribution in [2.75, 3.05) is 23.4 Å². The molecule has 0 saturated carbocycles. The molecule has 9 nitrogen and oxygen atoms in total. The van der Waals surface area contributed by atoms with Crippen LogP contribution < -0.4 is 10.2 Å². The van der Waals surface area contributed by atoms with E-state index in [-0.39, 0.29) is 41.7 Å². The van der Waals surface area contributed by atoms with Gasteiger partial charge in [-0.1, -0.05) is 19.1 Å². The van der Waals surface area contributed by atoms with Gasteiger partial charge in [0.1, 0.15) is 0 Å². The molecule has 0 radical (unpaired) electrons. The van der Waals surface area contributed by atoms with Gasteiger partial charge in [-0.3, -0.25) is 19.3 Å². The number of rotatable bonds is 7. The number of esters is 2. The van der Waals surface area contributed by atoms with Gasteiger partial charge in [-0.05, 0) is 67.8 Å². The van der Waals surface area contributed by atoms with Gasteiger partial charge >= 0.3 is 11.9 Å². The molecule has 0 spiro atoms. The summed E-state index contributed by atoms with van der Waals surface area (Å²) in [5, 5.41) is 2.58. The van der Waals surface area contributed by atoms with Crippen molar-refractivity contribution in [3.05, 3.63) is 71.8 Å². The lowest BCUT2D eigenvalue weighted by molar-refractivity contribution is -0.123. The Hall–Kier alpha value is -4.27. The summed E-state index contributed by atoms with van der Waals surface area (Å²) < 4.78 is 9.98. The molecular weight excluding hydrogens is 464 g/mol. The summed E-state index contributed by atoms with van der Waals surface area (Å²) in [7, 11) is 0. The zero-order chi connectivity index (χ0) is 25.8. The molecular formula is C27H26N2O7. The van der Waals surface area contributed by atoms with E-state index in [1.54, 1.807) is 19.1 Å². The Balaban J connectivity index is 1.31. The van der Waals surface area contributed by atoms with E-state index in [1.807, 2.05) is 19.1 Å². The SMILES string of the molecule is CCOC(=O)c1ccc(NC(=O)COC(=O)c2ccc(N3C(=O)[C@H]4[C@H](C)C=CC[C@H]4C3=O)cc2)cc1. The number of hydrogen-bond donors (Lipinski definition) is 1. The number of amides is 3. The number of carbonyl (C=O) groups excluding carboxylic acids is 5. The van der Waals surface area contributed by atoms with E-state index in [4.69, 9.17) is 9.47 Å². The third-order valence-corrected chi connectivity index (χ3v) is 6.25. The highest BCUT2D eigenvalue weighted by Gasteiger charge is 2.50. The average Bonchev–Trinajstić information content (AvgIpc) is 3.14. The van der Waals surface area contributed by atoms with Gasteiger partial charge in [0.05, 0.1) is 35.3 Å². The van der Waals surface area contributed by atoms with Gasteiger partial charge in [-0.25, -0.2) is 9.59 Å². The highest BCUT2D eigenvalue weighted by atomic mass is 16.5. The molecule has 0 aromatic heterocycles. The van der Waals surface area contributed by atoms with Crippen molar-refractivity contribution in [1.29, 1.82) is 0 Å². The molecule has 1 saturated heterocycles. The van der Waals surface area contributed by atoms with E-state index in [0.717, 1.165) is 0 Å². The van der Waals surface area contributed by atoms with E-state index in [9.17, 15) is 24.0 Å². The van der Waals surface area contributed by atoms with Crippen LogP contribution in [0.4, 0.5) is 11.4 Å². The van der Waals surface area contributed by atoms with E-state index < -0.39 is 24.5 Å². The van der Waals surface area contributed by atoms with E-state index >= 15 is 0 Å². The molecule has 1 heterocycles. The normalized spacial score (nSPS) is 20.6. The third-order valence-electron chi connectivity index (χ3n) is 6.25. The summed E-state index contributed by atoms with van der Waals surface area (Å²) in [5.74, 6) is -2.94. The molecule has 2 aromatic rings. The predicted molar refractivity (Wildman–Crippen MR) is 130 cm³/mol. The maximum Gasteiger partial charge on any atom is 0.338 e. The Bertz CT molecular complexity index is 1220. The van der Waals surface area contributed by atoms with Crippen LogP contribution >= 0.6 is 0 Å². The third kappa shape index (κ3) is 5.05. The minimum atomic E-state index is -0.722. The average molecular weight is 491 g/mol. The number of nitrogens with zero attached hydrogens (tertiary/aromatic N) is 1. The molecule has 0 unspecified atom stereocenters. The van der Waals surface area contributed by atoms with Crippen molar-refractivity contribution in [1.82, 2.24) is 0 Å². The smallest absolute Gasteiger partial charge is 0.338 e. The molecule has 3 atom stereocenters. The first kappa shape index (κ1) is 24.8. The van der Waals surface area contributed by atoms with Crippen molar-refractivity contribution in [3.8, 4) is 0 Å². The Labute approximate surface area is 208 Å². The van der Waals surface area contributed by atoms with E-state index in [1.165, 1.54) is 41.3 Å². The van der Waals surface area contributed by atoms with E-state index in [2.05, 4.69) is 5.32 Å². The lowest BCUT2D eigenvalue weighted by Crippen LogP contribution is -2.31. The molecule has 9 heteroatoms. The van der Waals surface area contributed by atoms with Gasteiger partial charge in [0, 0.05) is 5.69 Å². The second-order valence-corrected chi connectivity index (χ2v) is 8.64. The zero-order valence-electron chi connectivity index (χ0n) is 19.9. The maximum absolute atomic E-state index is 12.9. The number of fused-ring (bicyclic) bond motifs is 1. The number of carbonyl (C=O) groups is 5. The first-order valence-electron chi connectivity index (χ1n) is 11.7. The highest BCUT2D eigenvalue weighted by molar-refractivity contribution is 6.22. The lowest BCUT2D eigenvalue weighted by atomic mass is 9.78. The maximum atomic E-state index is 12.9. The zero-order valence-corrected chi connectivity index (χ0v) is 19.9. The molecule has 1 N–H and O–H groups in total. The summed E-state index contributed by atoms with van der Waals surface area (Å²) in [5.41, 5.74) is 1.36. The highest BCUT2D eigenvalue weighted by Crippen LogP contribution is 2.40. The fraction of sp³-hybridized carbons (Fsp3) is 0.296. The number of benzene rings is 2. The van der Waals surface area contributed by atoms with Gasteiger partial charge in [-0.2, -0.15) is 0 Å².